The van der Waals surface area contributed by atoms with E-state index in [2.05, 4.69) is 5.32 Å². The fourth-order valence-corrected chi connectivity index (χ4v) is 2.38. The van der Waals surface area contributed by atoms with Gasteiger partial charge >= 0.3 is 0 Å². The first kappa shape index (κ1) is 14.5. The van der Waals surface area contributed by atoms with Crippen LogP contribution in [0.5, 0.6) is 0 Å². The Morgan fingerprint density at radius 3 is 2.65 bits per heavy atom. The Hall–Kier alpha value is -1.95. The number of anilines is 1. The van der Waals surface area contributed by atoms with Crippen LogP contribution in [0.15, 0.2) is 18.2 Å². The molecule has 0 aromatic heterocycles. The SMILES string of the molecule is C[C@H](N)c1c(F)cccc1N1CC(=O)NC(=O)C1(C)C. The third kappa shape index (κ3) is 2.27. The van der Waals surface area contributed by atoms with Crippen LogP contribution in [-0.4, -0.2) is 23.9 Å². The molecule has 0 aliphatic carbocycles. The summed E-state index contributed by atoms with van der Waals surface area (Å²) in [5, 5.41) is 2.29. The van der Waals surface area contributed by atoms with Crippen LogP contribution in [0.4, 0.5) is 10.1 Å². The largest absolute Gasteiger partial charge is 0.348 e. The zero-order chi connectivity index (χ0) is 15.1. The fraction of sp³-hybridized carbons (Fsp3) is 0.429. The quantitative estimate of drug-likeness (QED) is 0.795. The van der Waals surface area contributed by atoms with Gasteiger partial charge in [0.2, 0.25) is 5.91 Å². The van der Waals surface area contributed by atoms with Crippen molar-refractivity contribution in [1.82, 2.24) is 5.32 Å². The van der Waals surface area contributed by atoms with Crippen LogP contribution in [0.25, 0.3) is 0 Å². The van der Waals surface area contributed by atoms with Crippen molar-refractivity contribution < 1.29 is 14.0 Å². The fourth-order valence-electron chi connectivity index (χ4n) is 2.38. The van der Waals surface area contributed by atoms with Crippen LogP contribution < -0.4 is 16.0 Å². The van der Waals surface area contributed by atoms with E-state index >= 15 is 0 Å². The third-order valence-corrected chi connectivity index (χ3v) is 3.56. The highest BCUT2D eigenvalue weighted by Crippen LogP contribution is 2.33. The Morgan fingerprint density at radius 1 is 1.40 bits per heavy atom. The Morgan fingerprint density at radius 2 is 2.05 bits per heavy atom. The van der Waals surface area contributed by atoms with Gasteiger partial charge in [-0.05, 0) is 32.9 Å². The molecule has 0 bridgehead atoms. The Labute approximate surface area is 116 Å². The first-order valence-electron chi connectivity index (χ1n) is 6.41. The number of carbonyl (C=O) groups is 2. The summed E-state index contributed by atoms with van der Waals surface area (Å²) in [4.78, 5) is 25.2. The molecule has 0 radical (unpaired) electrons. The van der Waals surface area contributed by atoms with E-state index in [4.69, 9.17) is 5.73 Å². The lowest BCUT2D eigenvalue weighted by atomic mass is 9.95. The number of nitrogens with two attached hydrogens (primary N) is 1. The van der Waals surface area contributed by atoms with Crippen LogP contribution in [-0.2, 0) is 9.59 Å². The Bertz CT molecular complexity index is 570. The van der Waals surface area contributed by atoms with E-state index in [9.17, 15) is 14.0 Å². The van der Waals surface area contributed by atoms with Crippen LogP contribution in [0.3, 0.4) is 0 Å². The standard InChI is InChI=1S/C14H18FN3O2/c1-8(16)12-9(15)5-4-6-10(12)18-7-11(19)17-13(20)14(18,2)3/h4-6,8H,7,16H2,1-3H3,(H,17,19,20)/t8-/m0/s1. The van der Waals surface area contributed by atoms with Crippen molar-refractivity contribution in [3.63, 3.8) is 0 Å². The molecule has 1 aliphatic rings. The molecular weight excluding hydrogens is 261 g/mol. The summed E-state index contributed by atoms with van der Waals surface area (Å²) in [6.45, 7) is 5.03. The number of amides is 2. The van der Waals surface area contributed by atoms with Crippen molar-refractivity contribution in [2.75, 3.05) is 11.4 Å². The van der Waals surface area contributed by atoms with E-state index < -0.39 is 29.2 Å². The molecule has 1 aromatic carbocycles. The number of halogens is 1. The highest BCUT2D eigenvalue weighted by atomic mass is 19.1. The molecule has 6 heteroatoms. The second-order valence-electron chi connectivity index (χ2n) is 5.48. The van der Waals surface area contributed by atoms with Crippen molar-refractivity contribution in [2.45, 2.75) is 32.4 Å². The summed E-state index contributed by atoms with van der Waals surface area (Å²) in [7, 11) is 0. The number of nitrogens with zero attached hydrogens (tertiary/aromatic N) is 1. The molecule has 1 aromatic rings. The number of hydrogen-bond acceptors (Lipinski definition) is 4. The Balaban J connectivity index is 2.57. The van der Waals surface area contributed by atoms with Crippen molar-refractivity contribution >= 4 is 17.5 Å². The van der Waals surface area contributed by atoms with E-state index in [1.54, 1.807) is 37.8 Å². The number of imide groups is 1. The smallest absolute Gasteiger partial charge is 0.251 e. The van der Waals surface area contributed by atoms with Gasteiger partial charge in [0, 0.05) is 17.3 Å². The van der Waals surface area contributed by atoms with Gasteiger partial charge in [-0.3, -0.25) is 14.9 Å². The molecule has 1 fully saturated rings. The maximum Gasteiger partial charge on any atom is 0.251 e. The molecule has 1 heterocycles. The third-order valence-electron chi connectivity index (χ3n) is 3.56. The molecule has 0 spiro atoms. The number of benzene rings is 1. The van der Waals surface area contributed by atoms with E-state index in [0.29, 0.717) is 11.3 Å². The molecule has 3 N–H and O–H groups in total. The van der Waals surface area contributed by atoms with Gasteiger partial charge in [-0.25, -0.2) is 4.39 Å². The average Bonchev–Trinajstić information content (AvgIpc) is 2.33. The Kier molecular flexibility index (Phi) is 3.52. The van der Waals surface area contributed by atoms with E-state index in [0.717, 1.165) is 0 Å². The second-order valence-corrected chi connectivity index (χ2v) is 5.48. The predicted molar refractivity (Wildman–Crippen MR) is 73.6 cm³/mol. The number of hydrogen-bond donors (Lipinski definition) is 2. The minimum atomic E-state index is -0.953. The second kappa shape index (κ2) is 4.86. The van der Waals surface area contributed by atoms with Gasteiger partial charge in [0.25, 0.3) is 5.91 Å². The predicted octanol–water partition coefficient (Wildman–Crippen LogP) is 1.09. The van der Waals surface area contributed by atoms with Crippen LogP contribution in [0.1, 0.15) is 32.4 Å². The normalized spacial score (nSPS) is 19.8. The molecule has 2 amide bonds. The van der Waals surface area contributed by atoms with Gasteiger partial charge in [0.05, 0.1) is 6.54 Å². The summed E-state index contributed by atoms with van der Waals surface area (Å²) < 4.78 is 14.0. The average molecular weight is 279 g/mol. The minimum Gasteiger partial charge on any atom is -0.348 e. The monoisotopic (exact) mass is 279 g/mol. The van der Waals surface area contributed by atoms with Gasteiger partial charge in [-0.1, -0.05) is 6.07 Å². The van der Waals surface area contributed by atoms with Crippen molar-refractivity contribution in [3.8, 4) is 0 Å². The first-order valence-corrected chi connectivity index (χ1v) is 6.41. The molecule has 1 atom stereocenters. The van der Waals surface area contributed by atoms with Crippen LogP contribution in [0.2, 0.25) is 0 Å². The molecule has 0 unspecified atom stereocenters. The summed E-state index contributed by atoms with van der Waals surface area (Å²) in [6.07, 6.45) is 0. The van der Waals surface area contributed by atoms with Crippen molar-refractivity contribution in [1.29, 1.82) is 0 Å². The van der Waals surface area contributed by atoms with Crippen molar-refractivity contribution in [2.24, 2.45) is 5.73 Å². The highest BCUT2D eigenvalue weighted by molar-refractivity contribution is 6.06. The molecule has 2 rings (SSSR count). The van der Waals surface area contributed by atoms with E-state index in [1.807, 2.05) is 0 Å². The molecule has 20 heavy (non-hydrogen) atoms. The summed E-state index contributed by atoms with van der Waals surface area (Å²) in [5.74, 6) is -1.26. The van der Waals surface area contributed by atoms with E-state index in [-0.39, 0.29) is 6.54 Å². The van der Waals surface area contributed by atoms with Gasteiger partial charge in [0.1, 0.15) is 11.4 Å². The molecule has 0 saturated carbocycles. The van der Waals surface area contributed by atoms with Crippen LogP contribution in [0, 0.1) is 5.82 Å². The lowest BCUT2D eigenvalue weighted by molar-refractivity contribution is -0.135. The minimum absolute atomic E-state index is 0.0120. The lowest BCUT2D eigenvalue weighted by Crippen LogP contribution is -2.64. The first-order chi connectivity index (χ1) is 9.25. The summed E-state index contributed by atoms with van der Waals surface area (Å²) >= 11 is 0. The highest BCUT2D eigenvalue weighted by Gasteiger charge is 2.42. The van der Waals surface area contributed by atoms with Gasteiger partial charge in [-0.15, -0.1) is 0 Å². The molecule has 1 aliphatic heterocycles. The number of piperazine rings is 1. The summed E-state index contributed by atoms with van der Waals surface area (Å²) in [6, 6.07) is 4.00. The summed E-state index contributed by atoms with van der Waals surface area (Å²) in [5.41, 5.74) is 5.66. The van der Waals surface area contributed by atoms with Crippen LogP contribution >= 0.6 is 0 Å². The van der Waals surface area contributed by atoms with Crippen molar-refractivity contribution in [3.05, 3.63) is 29.6 Å². The number of carbonyl (C=O) groups excluding carboxylic acids is 2. The zero-order valence-corrected chi connectivity index (χ0v) is 11.7. The van der Waals surface area contributed by atoms with Gasteiger partial charge in [0.15, 0.2) is 0 Å². The maximum absolute atomic E-state index is 14.0. The van der Waals surface area contributed by atoms with Gasteiger partial charge < -0.3 is 10.6 Å². The lowest BCUT2D eigenvalue weighted by Gasteiger charge is -2.43. The number of nitrogens with one attached hydrogen (secondary N) is 1. The zero-order valence-electron chi connectivity index (χ0n) is 11.7. The van der Waals surface area contributed by atoms with Gasteiger partial charge in [-0.2, -0.15) is 0 Å². The molecular formula is C14H18FN3O2. The molecule has 1 saturated heterocycles. The molecule has 5 nitrogen and oxygen atoms in total. The maximum atomic E-state index is 14.0. The molecule has 108 valence electrons. The topological polar surface area (TPSA) is 75.4 Å². The number of rotatable bonds is 2. The van der Waals surface area contributed by atoms with E-state index in [1.165, 1.54) is 6.07 Å².